The van der Waals surface area contributed by atoms with Crippen LogP contribution in [0.3, 0.4) is 0 Å². The van der Waals surface area contributed by atoms with Crippen molar-refractivity contribution < 1.29 is 8.42 Å². The highest BCUT2D eigenvalue weighted by molar-refractivity contribution is 7.72. The van der Waals surface area contributed by atoms with Gasteiger partial charge in [0.15, 0.2) is 15.7 Å². The summed E-state index contributed by atoms with van der Waals surface area (Å²) in [6, 6.07) is 6.70. The number of pyridine rings is 2. The summed E-state index contributed by atoms with van der Waals surface area (Å²) in [5.41, 5.74) is 1.03. The van der Waals surface area contributed by atoms with Crippen molar-refractivity contribution in [2.45, 2.75) is 5.03 Å². The van der Waals surface area contributed by atoms with E-state index in [1.165, 1.54) is 6.20 Å². The highest BCUT2D eigenvalue weighted by Gasteiger charge is 2.11. The lowest BCUT2D eigenvalue weighted by molar-refractivity contribution is 0.611. The number of halogens is 1. The van der Waals surface area contributed by atoms with E-state index in [-0.39, 0.29) is 10.2 Å². The summed E-state index contributed by atoms with van der Waals surface area (Å²) in [5.74, 6) is 0. The lowest BCUT2D eigenvalue weighted by Crippen LogP contribution is -1.92. The molecule has 0 radical (unpaired) electrons. The van der Waals surface area contributed by atoms with Gasteiger partial charge in [-0.15, -0.1) is 0 Å². The Morgan fingerprint density at radius 1 is 1.00 bits per heavy atom. The van der Waals surface area contributed by atoms with Crippen molar-refractivity contribution in [1.82, 2.24) is 9.97 Å². The standard InChI is InChI=1S/C10H7ClN2O2S/c11-9-7(3-1-5-12-9)8-4-2-6-13-10(8)16(14)15/h1-6,16H. The topological polar surface area (TPSA) is 59.9 Å². The van der Waals surface area contributed by atoms with Gasteiger partial charge in [0, 0.05) is 23.5 Å². The Labute approximate surface area is 98.9 Å². The summed E-state index contributed by atoms with van der Waals surface area (Å²) in [7, 11) is -2.75. The highest BCUT2D eigenvalue weighted by atomic mass is 35.5. The van der Waals surface area contributed by atoms with Crippen LogP contribution in [-0.4, -0.2) is 18.4 Å². The first-order chi connectivity index (χ1) is 7.70. The molecule has 0 atom stereocenters. The summed E-state index contributed by atoms with van der Waals surface area (Å²) in [6.07, 6.45) is 2.97. The SMILES string of the molecule is O=[SH](=O)c1ncccc1-c1cccnc1Cl. The van der Waals surface area contributed by atoms with Crippen molar-refractivity contribution >= 4 is 22.3 Å². The van der Waals surface area contributed by atoms with Crippen LogP contribution in [0.5, 0.6) is 0 Å². The van der Waals surface area contributed by atoms with Gasteiger partial charge in [-0.25, -0.2) is 18.4 Å². The van der Waals surface area contributed by atoms with E-state index in [4.69, 9.17) is 11.6 Å². The lowest BCUT2D eigenvalue weighted by Gasteiger charge is -2.04. The van der Waals surface area contributed by atoms with Crippen LogP contribution in [0.4, 0.5) is 0 Å². The van der Waals surface area contributed by atoms with Gasteiger partial charge in [-0.1, -0.05) is 11.6 Å². The summed E-state index contributed by atoms with van der Waals surface area (Å²) < 4.78 is 22.0. The van der Waals surface area contributed by atoms with Crippen LogP contribution in [-0.2, 0) is 10.7 Å². The number of hydrogen-bond acceptors (Lipinski definition) is 4. The second-order valence-corrected chi connectivity index (χ2v) is 4.27. The number of rotatable bonds is 2. The second kappa shape index (κ2) is 4.59. The molecule has 0 spiro atoms. The van der Waals surface area contributed by atoms with E-state index >= 15 is 0 Å². The molecule has 0 N–H and O–H groups in total. The maximum absolute atomic E-state index is 11.0. The van der Waals surface area contributed by atoms with E-state index in [1.807, 2.05) is 0 Å². The van der Waals surface area contributed by atoms with Crippen molar-refractivity contribution in [1.29, 1.82) is 0 Å². The van der Waals surface area contributed by atoms with Gasteiger partial charge >= 0.3 is 0 Å². The molecule has 0 unspecified atom stereocenters. The molecule has 0 amide bonds. The molecule has 0 aliphatic rings. The molecule has 4 nitrogen and oxygen atoms in total. The Kier molecular flexibility index (Phi) is 3.17. The molecule has 0 saturated heterocycles. The van der Waals surface area contributed by atoms with Gasteiger partial charge in [0.2, 0.25) is 0 Å². The molecular formula is C10H7ClN2O2S. The summed E-state index contributed by atoms with van der Waals surface area (Å²) in [5, 5.41) is 0.265. The van der Waals surface area contributed by atoms with Gasteiger partial charge in [0.1, 0.15) is 5.15 Å². The van der Waals surface area contributed by atoms with E-state index in [0.29, 0.717) is 11.1 Å². The van der Waals surface area contributed by atoms with E-state index in [9.17, 15) is 8.42 Å². The maximum atomic E-state index is 11.0. The minimum atomic E-state index is -2.75. The van der Waals surface area contributed by atoms with Gasteiger partial charge < -0.3 is 0 Å². The smallest absolute Gasteiger partial charge is 0.186 e. The molecule has 2 aromatic heterocycles. The average Bonchev–Trinajstić information content (AvgIpc) is 2.29. The van der Waals surface area contributed by atoms with Crippen LogP contribution in [0.2, 0.25) is 5.15 Å². The zero-order valence-electron chi connectivity index (χ0n) is 8.00. The quantitative estimate of drug-likeness (QED) is 0.655. The fourth-order valence-electron chi connectivity index (χ4n) is 1.34. The van der Waals surface area contributed by atoms with Crippen LogP contribution < -0.4 is 0 Å². The fourth-order valence-corrected chi connectivity index (χ4v) is 2.11. The van der Waals surface area contributed by atoms with Crippen LogP contribution in [0, 0.1) is 0 Å². The third kappa shape index (κ3) is 2.05. The van der Waals surface area contributed by atoms with E-state index in [2.05, 4.69) is 9.97 Å². The molecule has 0 aromatic carbocycles. The first-order valence-electron chi connectivity index (χ1n) is 4.40. The van der Waals surface area contributed by atoms with E-state index < -0.39 is 10.7 Å². The Morgan fingerprint density at radius 2 is 1.62 bits per heavy atom. The van der Waals surface area contributed by atoms with Crippen molar-refractivity contribution in [2.75, 3.05) is 0 Å². The van der Waals surface area contributed by atoms with Crippen molar-refractivity contribution in [3.8, 4) is 11.1 Å². The third-order valence-electron chi connectivity index (χ3n) is 2.01. The summed E-state index contributed by atoms with van der Waals surface area (Å²) >= 11 is 5.90. The minimum absolute atomic E-state index is 0.00685. The van der Waals surface area contributed by atoms with Gasteiger partial charge in [-0.2, -0.15) is 0 Å². The molecule has 2 heterocycles. The first kappa shape index (κ1) is 11.0. The number of nitrogens with zero attached hydrogens (tertiary/aromatic N) is 2. The van der Waals surface area contributed by atoms with Gasteiger partial charge in [0.25, 0.3) is 0 Å². The molecule has 0 fully saturated rings. The predicted molar refractivity (Wildman–Crippen MR) is 61.1 cm³/mol. The number of thiol groups is 1. The monoisotopic (exact) mass is 254 g/mol. The second-order valence-electron chi connectivity index (χ2n) is 2.97. The van der Waals surface area contributed by atoms with Gasteiger partial charge in [-0.3, -0.25) is 0 Å². The average molecular weight is 255 g/mol. The van der Waals surface area contributed by atoms with Crippen LogP contribution in [0.25, 0.3) is 11.1 Å². The van der Waals surface area contributed by atoms with Crippen LogP contribution in [0.15, 0.2) is 41.7 Å². The first-order valence-corrected chi connectivity index (χ1v) is 5.96. The predicted octanol–water partition coefficient (Wildman–Crippen LogP) is 1.77. The molecule has 6 heteroatoms. The van der Waals surface area contributed by atoms with Crippen LogP contribution in [0.1, 0.15) is 0 Å². The van der Waals surface area contributed by atoms with Crippen molar-refractivity contribution in [3.05, 3.63) is 41.8 Å². The summed E-state index contributed by atoms with van der Waals surface area (Å²) in [4.78, 5) is 7.71. The molecule has 2 aromatic rings. The van der Waals surface area contributed by atoms with Crippen molar-refractivity contribution in [3.63, 3.8) is 0 Å². The molecule has 0 aliphatic carbocycles. The van der Waals surface area contributed by atoms with Crippen molar-refractivity contribution in [2.24, 2.45) is 0 Å². The fraction of sp³-hybridized carbons (Fsp3) is 0. The minimum Gasteiger partial charge on any atom is -0.244 e. The maximum Gasteiger partial charge on any atom is 0.186 e. The zero-order chi connectivity index (χ0) is 11.5. The lowest BCUT2D eigenvalue weighted by atomic mass is 10.1. The summed E-state index contributed by atoms with van der Waals surface area (Å²) in [6.45, 7) is 0. The molecule has 16 heavy (non-hydrogen) atoms. The van der Waals surface area contributed by atoms with Gasteiger partial charge in [0.05, 0.1) is 0 Å². The molecule has 0 saturated carbocycles. The highest BCUT2D eigenvalue weighted by Crippen LogP contribution is 2.28. The Hall–Kier alpha value is -1.46. The zero-order valence-corrected chi connectivity index (χ0v) is 9.65. The molecule has 2 rings (SSSR count). The van der Waals surface area contributed by atoms with E-state index in [1.54, 1.807) is 30.5 Å². The van der Waals surface area contributed by atoms with Gasteiger partial charge in [-0.05, 0) is 24.3 Å². The Bertz CT molecular complexity index is 591. The molecule has 0 aliphatic heterocycles. The largest absolute Gasteiger partial charge is 0.244 e. The molecular weight excluding hydrogens is 248 g/mol. The number of aromatic nitrogens is 2. The number of hydrogen-bond donors (Lipinski definition) is 1. The normalized spacial score (nSPS) is 10.6. The Morgan fingerprint density at radius 3 is 2.25 bits per heavy atom. The molecule has 82 valence electrons. The third-order valence-corrected chi connectivity index (χ3v) is 3.01. The Balaban J connectivity index is 2.70. The van der Waals surface area contributed by atoms with Crippen LogP contribution >= 0.6 is 11.6 Å². The molecule has 0 bridgehead atoms. The van der Waals surface area contributed by atoms with E-state index in [0.717, 1.165) is 0 Å².